The average Bonchev–Trinajstić information content (AvgIpc) is 2.05. The smallest absolute Gasteiger partial charge is 0.195 e. The highest BCUT2D eigenvalue weighted by Gasteiger charge is 2.38. The van der Waals surface area contributed by atoms with E-state index < -0.39 is 3.79 Å². The molecule has 0 aliphatic heterocycles. The molecule has 1 N–H and O–H groups in total. The fourth-order valence-corrected chi connectivity index (χ4v) is 2.80. The van der Waals surface area contributed by atoms with Crippen molar-refractivity contribution in [2.45, 2.75) is 35.9 Å². The third kappa shape index (κ3) is 3.47. The van der Waals surface area contributed by atoms with Crippen molar-refractivity contribution < 1.29 is 5.11 Å². The second-order valence-electron chi connectivity index (χ2n) is 3.73. The molecule has 0 aromatic heterocycles. The van der Waals surface area contributed by atoms with Gasteiger partial charge in [-0.3, -0.25) is 0 Å². The number of halogens is 3. The largest absolute Gasteiger partial charge is 0.396 e. The van der Waals surface area contributed by atoms with E-state index in [2.05, 4.69) is 0 Å². The van der Waals surface area contributed by atoms with Gasteiger partial charge in [0.2, 0.25) is 0 Å². The maximum absolute atomic E-state index is 9.16. The van der Waals surface area contributed by atoms with Gasteiger partial charge in [-0.15, -0.1) is 0 Å². The molecule has 0 radical (unpaired) electrons. The van der Waals surface area contributed by atoms with Gasteiger partial charge in [-0.25, -0.2) is 0 Å². The van der Waals surface area contributed by atoms with E-state index in [1.807, 2.05) is 0 Å². The molecule has 1 nitrogen and oxygen atoms in total. The van der Waals surface area contributed by atoms with Crippen LogP contribution in [0.4, 0.5) is 0 Å². The van der Waals surface area contributed by atoms with E-state index in [4.69, 9.17) is 39.9 Å². The summed E-state index contributed by atoms with van der Waals surface area (Å²) in [5.41, 5.74) is 0. The summed E-state index contributed by atoms with van der Waals surface area (Å²) in [6.45, 7) is -0.0266. The summed E-state index contributed by atoms with van der Waals surface area (Å²) in [7, 11) is 0. The van der Waals surface area contributed by atoms with Crippen molar-refractivity contribution in [2.75, 3.05) is 6.61 Å². The molecule has 1 aliphatic rings. The van der Waals surface area contributed by atoms with Crippen molar-refractivity contribution in [1.29, 1.82) is 0 Å². The molecule has 0 bridgehead atoms. The third-order valence-electron chi connectivity index (χ3n) is 2.84. The van der Waals surface area contributed by atoms with Crippen LogP contribution >= 0.6 is 34.8 Å². The molecule has 1 atom stereocenters. The maximum Gasteiger partial charge on any atom is 0.195 e. The molecule has 1 fully saturated rings. The Hall–Kier alpha value is 0.830. The summed E-state index contributed by atoms with van der Waals surface area (Å²) in [5.74, 6) is 0.184. The van der Waals surface area contributed by atoms with E-state index in [1.165, 1.54) is 19.3 Å². The van der Waals surface area contributed by atoms with Crippen molar-refractivity contribution in [1.82, 2.24) is 0 Å². The standard InChI is InChI=1S/C9H15Cl3O/c10-9(11,12)8(6-13)7-4-2-1-3-5-7/h7-8,13H,1-6H2. The van der Waals surface area contributed by atoms with Crippen molar-refractivity contribution in [2.24, 2.45) is 11.8 Å². The summed E-state index contributed by atoms with van der Waals surface area (Å²) in [5, 5.41) is 9.16. The van der Waals surface area contributed by atoms with Crippen molar-refractivity contribution in [3.8, 4) is 0 Å². The van der Waals surface area contributed by atoms with Crippen LogP contribution in [0, 0.1) is 11.8 Å². The van der Waals surface area contributed by atoms with E-state index in [-0.39, 0.29) is 12.5 Å². The predicted octanol–water partition coefficient (Wildman–Crippen LogP) is 3.55. The molecule has 1 unspecified atom stereocenters. The molecule has 0 heterocycles. The van der Waals surface area contributed by atoms with Gasteiger partial charge < -0.3 is 5.11 Å². The van der Waals surface area contributed by atoms with Gasteiger partial charge in [0.25, 0.3) is 0 Å². The lowest BCUT2D eigenvalue weighted by molar-refractivity contribution is 0.150. The summed E-state index contributed by atoms with van der Waals surface area (Å²) in [6, 6.07) is 0. The number of rotatable bonds is 2. The molecule has 0 aromatic rings. The molecular formula is C9H15Cl3O. The van der Waals surface area contributed by atoms with Crippen LogP contribution in [-0.4, -0.2) is 15.5 Å². The van der Waals surface area contributed by atoms with Gasteiger partial charge in [-0.2, -0.15) is 0 Å². The number of aliphatic hydroxyl groups excluding tert-OH is 1. The lowest BCUT2D eigenvalue weighted by Gasteiger charge is -2.33. The molecule has 0 saturated heterocycles. The van der Waals surface area contributed by atoms with E-state index >= 15 is 0 Å². The first-order chi connectivity index (χ1) is 6.05. The normalized spacial score (nSPS) is 23.1. The second kappa shape index (κ2) is 5.06. The minimum Gasteiger partial charge on any atom is -0.396 e. The average molecular weight is 246 g/mol. The van der Waals surface area contributed by atoms with E-state index in [1.54, 1.807) is 0 Å². The van der Waals surface area contributed by atoms with E-state index in [9.17, 15) is 0 Å². The van der Waals surface area contributed by atoms with Crippen LogP contribution in [0.2, 0.25) is 0 Å². The van der Waals surface area contributed by atoms with Crippen LogP contribution in [0.3, 0.4) is 0 Å². The molecule has 0 amide bonds. The zero-order valence-corrected chi connectivity index (χ0v) is 9.75. The molecule has 0 spiro atoms. The molecule has 78 valence electrons. The van der Waals surface area contributed by atoms with Crippen LogP contribution in [0.5, 0.6) is 0 Å². The summed E-state index contributed by atoms with van der Waals surface area (Å²) < 4.78 is -1.31. The number of hydrogen-bond acceptors (Lipinski definition) is 1. The predicted molar refractivity (Wildman–Crippen MR) is 57.4 cm³/mol. The third-order valence-corrected chi connectivity index (χ3v) is 3.68. The number of hydrogen-bond donors (Lipinski definition) is 1. The van der Waals surface area contributed by atoms with Gasteiger partial charge in [0, 0.05) is 5.92 Å². The van der Waals surface area contributed by atoms with E-state index in [0.717, 1.165) is 12.8 Å². The first-order valence-electron chi connectivity index (χ1n) is 4.73. The minimum atomic E-state index is -1.31. The molecule has 0 aromatic carbocycles. The maximum atomic E-state index is 9.16. The van der Waals surface area contributed by atoms with Gasteiger partial charge in [0.15, 0.2) is 3.79 Å². The Balaban J connectivity index is 2.54. The second-order valence-corrected chi connectivity index (χ2v) is 6.10. The monoisotopic (exact) mass is 244 g/mol. The molecule has 4 heteroatoms. The fourth-order valence-electron chi connectivity index (χ4n) is 2.06. The SMILES string of the molecule is OCC(C1CCCCC1)C(Cl)(Cl)Cl. The Morgan fingerprint density at radius 2 is 1.69 bits per heavy atom. The number of aliphatic hydroxyl groups is 1. The van der Waals surface area contributed by atoms with E-state index in [0.29, 0.717) is 5.92 Å². The highest BCUT2D eigenvalue weighted by atomic mass is 35.6. The van der Waals surface area contributed by atoms with Crippen molar-refractivity contribution in [3.05, 3.63) is 0 Å². The van der Waals surface area contributed by atoms with Crippen molar-refractivity contribution in [3.63, 3.8) is 0 Å². The Morgan fingerprint density at radius 3 is 2.08 bits per heavy atom. The minimum absolute atomic E-state index is 0.0266. The van der Waals surface area contributed by atoms with Gasteiger partial charge in [0.1, 0.15) is 0 Å². The molecule has 1 rings (SSSR count). The summed E-state index contributed by atoms with van der Waals surface area (Å²) in [4.78, 5) is 0. The Morgan fingerprint density at radius 1 is 1.15 bits per heavy atom. The Labute approximate surface area is 94.4 Å². The van der Waals surface area contributed by atoms with Gasteiger partial charge >= 0.3 is 0 Å². The van der Waals surface area contributed by atoms with Gasteiger partial charge in [-0.1, -0.05) is 54.1 Å². The van der Waals surface area contributed by atoms with Crippen LogP contribution in [0.15, 0.2) is 0 Å². The zero-order valence-electron chi connectivity index (χ0n) is 7.48. The van der Waals surface area contributed by atoms with Crippen molar-refractivity contribution >= 4 is 34.8 Å². The molecule has 1 aliphatic carbocycles. The first kappa shape index (κ1) is 11.9. The fraction of sp³-hybridized carbons (Fsp3) is 1.00. The highest BCUT2D eigenvalue weighted by Crippen LogP contribution is 2.43. The summed E-state index contributed by atoms with van der Waals surface area (Å²) >= 11 is 17.4. The first-order valence-corrected chi connectivity index (χ1v) is 5.86. The Bertz CT molecular complexity index is 149. The quantitative estimate of drug-likeness (QED) is 0.738. The van der Waals surface area contributed by atoms with Crippen LogP contribution < -0.4 is 0 Å². The number of alkyl halides is 3. The lowest BCUT2D eigenvalue weighted by Crippen LogP contribution is -2.32. The Kier molecular flexibility index (Phi) is 4.64. The molecule has 13 heavy (non-hydrogen) atoms. The lowest BCUT2D eigenvalue weighted by atomic mass is 9.81. The van der Waals surface area contributed by atoms with Gasteiger partial charge in [-0.05, 0) is 18.8 Å². The molecular weight excluding hydrogens is 230 g/mol. The summed E-state index contributed by atoms with van der Waals surface area (Å²) in [6.07, 6.45) is 5.83. The van der Waals surface area contributed by atoms with Gasteiger partial charge in [0.05, 0.1) is 6.61 Å². The molecule has 1 saturated carbocycles. The van der Waals surface area contributed by atoms with Crippen LogP contribution in [0.1, 0.15) is 32.1 Å². The zero-order chi connectivity index (χ0) is 9.90. The van der Waals surface area contributed by atoms with Crippen LogP contribution in [0.25, 0.3) is 0 Å². The van der Waals surface area contributed by atoms with Crippen LogP contribution in [-0.2, 0) is 0 Å². The topological polar surface area (TPSA) is 20.2 Å². The highest BCUT2D eigenvalue weighted by molar-refractivity contribution is 6.67.